The maximum absolute atomic E-state index is 13.5. The summed E-state index contributed by atoms with van der Waals surface area (Å²) in [4.78, 5) is 41.1. The molecule has 3 aromatic rings. The summed E-state index contributed by atoms with van der Waals surface area (Å²) in [5.41, 5.74) is 4.25. The number of alkyl carbamates (subject to hydrolysis) is 1. The number of thioether (sulfide) groups is 1. The van der Waals surface area contributed by atoms with Gasteiger partial charge in [-0.3, -0.25) is 9.69 Å². The number of fused-ring (bicyclic) bond motifs is 3. The lowest BCUT2D eigenvalue weighted by Gasteiger charge is -2.40. The molecule has 1 aliphatic carbocycles. The highest BCUT2D eigenvalue weighted by Crippen LogP contribution is 2.44. The molecule has 9 heteroatoms. The first-order chi connectivity index (χ1) is 20.4. The molecule has 3 aromatic carbocycles. The van der Waals surface area contributed by atoms with Gasteiger partial charge < -0.3 is 20.5 Å². The highest BCUT2D eigenvalue weighted by atomic mass is 32.2. The fraction of sp³-hybridized carbons (Fsp3) is 0.364. The van der Waals surface area contributed by atoms with Gasteiger partial charge in [-0.25, -0.2) is 9.59 Å². The predicted octanol–water partition coefficient (Wildman–Crippen LogP) is 4.88. The number of rotatable bonds is 11. The zero-order valence-corrected chi connectivity index (χ0v) is 24.6. The molecule has 0 unspecified atom stereocenters. The summed E-state index contributed by atoms with van der Waals surface area (Å²) in [6, 6.07) is 25.3. The van der Waals surface area contributed by atoms with E-state index in [2.05, 4.69) is 27.7 Å². The van der Waals surface area contributed by atoms with Crippen LogP contribution in [0.25, 0.3) is 11.1 Å². The molecule has 1 saturated heterocycles. The number of hydrogen-bond donors (Lipinski definition) is 3. The number of hydrogen-bond acceptors (Lipinski definition) is 6. The maximum Gasteiger partial charge on any atom is 0.407 e. The summed E-state index contributed by atoms with van der Waals surface area (Å²) in [6.45, 7) is 1.94. The number of benzene rings is 3. The second-order valence-corrected chi connectivity index (χ2v) is 11.9. The Labute approximate surface area is 250 Å². The summed E-state index contributed by atoms with van der Waals surface area (Å²) in [5, 5.41) is 15.7. The fourth-order valence-electron chi connectivity index (χ4n) is 5.94. The van der Waals surface area contributed by atoms with Gasteiger partial charge in [-0.05, 0) is 59.1 Å². The van der Waals surface area contributed by atoms with Crippen LogP contribution in [0.4, 0.5) is 4.79 Å². The van der Waals surface area contributed by atoms with E-state index in [1.165, 1.54) is 0 Å². The number of nitrogens with zero attached hydrogens (tertiary/aromatic N) is 1. The number of ether oxygens (including phenoxy) is 1. The van der Waals surface area contributed by atoms with Crippen LogP contribution in [0.5, 0.6) is 0 Å². The summed E-state index contributed by atoms with van der Waals surface area (Å²) in [5.74, 6) is -1.04. The lowest BCUT2D eigenvalue weighted by atomic mass is 9.86. The Morgan fingerprint density at radius 1 is 0.952 bits per heavy atom. The molecule has 0 bridgehead atoms. The normalized spacial score (nSPS) is 16.6. The SMILES string of the molecule is CSCC[C@H](NC(=O)OCC1c2ccccc2-c2ccccc21)C(=O)NC1(C(=O)O)CCN(Cc2ccccc2)CC1. The van der Waals surface area contributed by atoms with Crippen molar-refractivity contribution in [3.05, 3.63) is 95.6 Å². The molecule has 1 atom stereocenters. The number of carboxylic acids is 1. The largest absolute Gasteiger partial charge is 0.480 e. The van der Waals surface area contributed by atoms with Crippen LogP contribution >= 0.6 is 11.8 Å². The number of nitrogens with one attached hydrogen (secondary N) is 2. The zero-order chi connectivity index (χ0) is 29.5. The van der Waals surface area contributed by atoms with Crippen LogP contribution in [-0.4, -0.2) is 71.3 Å². The molecule has 220 valence electrons. The minimum atomic E-state index is -1.38. The van der Waals surface area contributed by atoms with Gasteiger partial charge in [0.2, 0.25) is 5.91 Å². The Kier molecular flexibility index (Phi) is 9.49. The first-order valence-corrected chi connectivity index (χ1v) is 15.7. The Hall–Kier alpha value is -3.82. The molecule has 3 N–H and O–H groups in total. The standard InChI is InChI=1S/C33H37N3O5S/c1-42-20-15-29(30(37)35-33(31(38)39)16-18-36(19-17-33)21-23-9-3-2-4-10-23)34-32(40)41-22-28-26-13-7-5-11-24(26)25-12-6-8-14-27(25)28/h2-14,28-29H,15-22H2,1H3,(H,34,40)(H,35,37)(H,38,39)/t29-/m0/s1. The van der Waals surface area contributed by atoms with Crippen molar-refractivity contribution in [1.29, 1.82) is 0 Å². The summed E-state index contributed by atoms with van der Waals surface area (Å²) < 4.78 is 5.67. The van der Waals surface area contributed by atoms with Crippen LogP contribution in [0.15, 0.2) is 78.9 Å². The van der Waals surface area contributed by atoms with Crippen molar-refractivity contribution in [2.24, 2.45) is 0 Å². The average Bonchev–Trinajstić information content (AvgIpc) is 3.33. The van der Waals surface area contributed by atoms with Crippen molar-refractivity contribution < 1.29 is 24.2 Å². The van der Waals surface area contributed by atoms with Gasteiger partial charge in [0, 0.05) is 25.6 Å². The molecule has 0 aromatic heterocycles. The van der Waals surface area contributed by atoms with E-state index in [1.54, 1.807) is 11.8 Å². The van der Waals surface area contributed by atoms with Crippen LogP contribution in [-0.2, 0) is 20.9 Å². The third kappa shape index (κ3) is 6.63. The van der Waals surface area contributed by atoms with Gasteiger partial charge in [0.25, 0.3) is 0 Å². The molecule has 0 radical (unpaired) electrons. The summed E-state index contributed by atoms with van der Waals surface area (Å²) >= 11 is 1.55. The van der Waals surface area contributed by atoms with Gasteiger partial charge in [0.05, 0.1) is 0 Å². The van der Waals surface area contributed by atoms with Crippen LogP contribution in [0.2, 0.25) is 0 Å². The smallest absolute Gasteiger partial charge is 0.407 e. The minimum Gasteiger partial charge on any atom is -0.480 e. The van der Waals surface area contributed by atoms with Crippen LogP contribution in [0, 0.1) is 0 Å². The van der Waals surface area contributed by atoms with Crippen molar-refractivity contribution in [2.45, 2.75) is 43.3 Å². The monoisotopic (exact) mass is 587 g/mol. The highest BCUT2D eigenvalue weighted by Gasteiger charge is 2.44. The summed E-state index contributed by atoms with van der Waals surface area (Å²) in [7, 11) is 0. The van der Waals surface area contributed by atoms with E-state index in [1.807, 2.05) is 73.0 Å². The van der Waals surface area contributed by atoms with E-state index >= 15 is 0 Å². The quantitative estimate of drug-likeness (QED) is 0.293. The fourth-order valence-corrected chi connectivity index (χ4v) is 6.41. The Balaban J connectivity index is 1.20. The van der Waals surface area contributed by atoms with Crippen molar-refractivity contribution in [3.63, 3.8) is 0 Å². The molecular weight excluding hydrogens is 550 g/mol. The van der Waals surface area contributed by atoms with Crippen LogP contribution < -0.4 is 10.6 Å². The summed E-state index contributed by atoms with van der Waals surface area (Å²) in [6.07, 6.45) is 2.14. The second-order valence-electron chi connectivity index (χ2n) is 10.9. The molecule has 42 heavy (non-hydrogen) atoms. The van der Waals surface area contributed by atoms with Crippen molar-refractivity contribution in [2.75, 3.05) is 31.7 Å². The molecule has 0 saturated carbocycles. The third-order valence-electron chi connectivity index (χ3n) is 8.29. The second kappa shape index (κ2) is 13.4. The molecule has 8 nitrogen and oxygen atoms in total. The van der Waals surface area contributed by atoms with Gasteiger partial charge in [-0.1, -0.05) is 78.9 Å². The van der Waals surface area contributed by atoms with Gasteiger partial charge in [-0.15, -0.1) is 0 Å². The molecule has 1 fully saturated rings. The van der Waals surface area contributed by atoms with Crippen LogP contribution in [0.3, 0.4) is 0 Å². The molecule has 2 amide bonds. The van der Waals surface area contributed by atoms with E-state index in [9.17, 15) is 19.5 Å². The van der Waals surface area contributed by atoms with Gasteiger partial charge in [0.15, 0.2) is 0 Å². The number of carboxylic acid groups (broad SMARTS) is 1. The maximum atomic E-state index is 13.5. The third-order valence-corrected chi connectivity index (χ3v) is 8.94. The molecular formula is C33H37N3O5S. The Morgan fingerprint density at radius 3 is 2.14 bits per heavy atom. The number of carbonyl (C=O) groups is 3. The molecule has 0 spiro atoms. The number of amides is 2. The van der Waals surface area contributed by atoms with Gasteiger partial charge in [-0.2, -0.15) is 11.8 Å². The van der Waals surface area contributed by atoms with Crippen molar-refractivity contribution in [1.82, 2.24) is 15.5 Å². The van der Waals surface area contributed by atoms with E-state index in [-0.39, 0.29) is 25.4 Å². The topological polar surface area (TPSA) is 108 Å². The first kappa shape index (κ1) is 29.7. The van der Waals surface area contributed by atoms with E-state index in [0.717, 1.165) is 34.4 Å². The number of likely N-dealkylation sites (tertiary alicyclic amines) is 1. The number of aliphatic carboxylic acids is 1. The predicted molar refractivity (Wildman–Crippen MR) is 164 cm³/mol. The van der Waals surface area contributed by atoms with Crippen molar-refractivity contribution in [3.8, 4) is 11.1 Å². The van der Waals surface area contributed by atoms with Crippen LogP contribution in [0.1, 0.15) is 41.9 Å². The first-order valence-electron chi connectivity index (χ1n) is 14.3. The van der Waals surface area contributed by atoms with Gasteiger partial charge >= 0.3 is 12.1 Å². The lowest BCUT2D eigenvalue weighted by Crippen LogP contribution is -2.63. The molecule has 2 aliphatic rings. The lowest BCUT2D eigenvalue weighted by molar-refractivity contribution is -0.150. The highest BCUT2D eigenvalue weighted by molar-refractivity contribution is 7.98. The van der Waals surface area contributed by atoms with Gasteiger partial charge in [0.1, 0.15) is 18.2 Å². The molecule has 5 rings (SSSR count). The average molecular weight is 588 g/mol. The Bertz CT molecular complexity index is 1360. The van der Waals surface area contributed by atoms with E-state index in [0.29, 0.717) is 25.3 Å². The molecule has 1 heterocycles. The zero-order valence-electron chi connectivity index (χ0n) is 23.8. The number of carbonyl (C=O) groups excluding carboxylic acids is 2. The minimum absolute atomic E-state index is 0.0991. The molecule has 1 aliphatic heterocycles. The van der Waals surface area contributed by atoms with E-state index in [4.69, 9.17) is 4.74 Å². The number of piperidine rings is 1. The van der Waals surface area contributed by atoms with E-state index < -0.39 is 29.6 Å². The van der Waals surface area contributed by atoms with Crippen molar-refractivity contribution >= 4 is 29.7 Å². The Morgan fingerprint density at radius 2 is 1.55 bits per heavy atom.